The fraction of sp³-hybridized carbons (Fsp3) is 0.333. The fourth-order valence-corrected chi connectivity index (χ4v) is 6.15. The van der Waals surface area contributed by atoms with E-state index < -0.39 is 46.5 Å². The van der Waals surface area contributed by atoms with E-state index in [4.69, 9.17) is 4.74 Å². The van der Waals surface area contributed by atoms with Gasteiger partial charge in [0.1, 0.15) is 40.4 Å². The molecule has 0 heterocycles. The van der Waals surface area contributed by atoms with Crippen LogP contribution in [0.25, 0.3) is 22.3 Å². The fourth-order valence-electron chi connectivity index (χ4n) is 6.15. The lowest BCUT2D eigenvalue weighted by atomic mass is 9.82. The molecule has 0 unspecified atom stereocenters. The van der Waals surface area contributed by atoms with Gasteiger partial charge in [-0.3, -0.25) is 0 Å². The smallest absolute Gasteiger partial charge is 0.429 e. The van der Waals surface area contributed by atoms with Crippen LogP contribution in [0.2, 0.25) is 0 Å². The molecular formula is C39H37F7O2. The van der Waals surface area contributed by atoms with Crippen molar-refractivity contribution in [2.24, 2.45) is 0 Å². The Morgan fingerprint density at radius 1 is 0.750 bits per heavy atom. The van der Waals surface area contributed by atoms with Crippen molar-refractivity contribution in [3.8, 4) is 28.0 Å². The number of hydrogen-bond donors (Lipinski definition) is 0. The molecule has 254 valence electrons. The molecule has 0 amide bonds. The number of unbranched alkanes of at least 4 members (excludes halogenated alkanes) is 1. The molecule has 1 fully saturated rings. The van der Waals surface area contributed by atoms with E-state index in [0.29, 0.717) is 36.6 Å². The highest BCUT2D eigenvalue weighted by Crippen LogP contribution is 2.40. The average molecular weight is 671 g/mol. The van der Waals surface area contributed by atoms with Gasteiger partial charge in [-0.25, -0.2) is 22.0 Å². The predicted octanol–water partition coefficient (Wildman–Crippen LogP) is 11.8. The first kappa shape index (κ1) is 35.2. The summed E-state index contributed by atoms with van der Waals surface area (Å²) in [6.07, 6.45) is 3.64. The molecule has 0 saturated heterocycles. The van der Waals surface area contributed by atoms with Crippen molar-refractivity contribution in [2.75, 3.05) is 6.61 Å². The van der Waals surface area contributed by atoms with Crippen LogP contribution in [-0.4, -0.2) is 12.7 Å². The lowest BCUT2D eigenvalue weighted by Crippen LogP contribution is -2.25. The van der Waals surface area contributed by atoms with E-state index in [1.807, 2.05) is 0 Å². The van der Waals surface area contributed by atoms with Gasteiger partial charge < -0.3 is 9.47 Å². The lowest BCUT2D eigenvalue weighted by Gasteiger charge is -2.29. The highest BCUT2D eigenvalue weighted by atomic mass is 19.3. The quantitative estimate of drug-likeness (QED) is 0.0801. The molecule has 9 heteroatoms. The first-order valence-electron chi connectivity index (χ1n) is 16.2. The Kier molecular flexibility index (Phi) is 11.3. The van der Waals surface area contributed by atoms with Gasteiger partial charge in [0, 0.05) is 23.8 Å². The van der Waals surface area contributed by atoms with Crippen LogP contribution < -0.4 is 4.74 Å². The normalized spacial score (nSPS) is 16.6. The summed E-state index contributed by atoms with van der Waals surface area (Å²) in [6.45, 7) is 6.42. The topological polar surface area (TPSA) is 18.5 Å². The molecule has 2 nitrogen and oxygen atoms in total. The number of ether oxygens (including phenoxy) is 2. The number of benzene rings is 4. The van der Waals surface area contributed by atoms with E-state index >= 15 is 22.0 Å². The SMILES string of the molecule is C=CCCc1ccc(-c2ccc(OC(F)(F)c3c(F)cc(-c4ccc(C5CCC(OCCCC)CC5)cc4F)cc3F)cc2F)cc1F. The Balaban J connectivity index is 1.29. The first-order valence-corrected chi connectivity index (χ1v) is 16.2. The van der Waals surface area contributed by atoms with Gasteiger partial charge in [-0.1, -0.05) is 43.7 Å². The van der Waals surface area contributed by atoms with Gasteiger partial charge in [0.15, 0.2) is 0 Å². The Morgan fingerprint density at radius 2 is 1.40 bits per heavy atom. The van der Waals surface area contributed by atoms with Crippen LogP contribution in [0.1, 0.15) is 74.5 Å². The largest absolute Gasteiger partial charge is 0.432 e. The van der Waals surface area contributed by atoms with Crippen LogP contribution in [0.3, 0.4) is 0 Å². The minimum atomic E-state index is -4.55. The molecule has 0 aromatic heterocycles. The van der Waals surface area contributed by atoms with Crippen LogP contribution in [0.5, 0.6) is 5.75 Å². The highest BCUT2D eigenvalue weighted by molar-refractivity contribution is 5.66. The van der Waals surface area contributed by atoms with E-state index in [0.717, 1.165) is 68.9 Å². The lowest BCUT2D eigenvalue weighted by molar-refractivity contribution is -0.189. The number of hydrogen-bond acceptors (Lipinski definition) is 2. The summed E-state index contributed by atoms with van der Waals surface area (Å²) in [4.78, 5) is 0. The summed E-state index contributed by atoms with van der Waals surface area (Å²) < 4.78 is 116. The number of aryl methyl sites for hydroxylation is 1. The highest BCUT2D eigenvalue weighted by Gasteiger charge is 2.41. The van der Waals surface area contributed by atoms with E-state index in [1.54, 1.807) is 12.1 Å². The number of allylic oxidation sites excluding steroid dienone is 1. The number of alkyl halides is 2. The van der Waals surface area contributed by atoms with E-state index in [-0.39, 0.29) is 34.3 Å². The molecule has 4 aromatic rings. The van der Waals surface area contributed by atoms with Crippen molar-refractivity contribution in [1.29, 1.82) is 0 Å². The first-order chi connectivity index (χ1) is 23.0. The Hall–Kier alpha value is -4.11. The summed E-state index contributed by atoms with van der Waals surface area (Å²) in [5, 5.41) is 0. The Morgan fingerprint density at radius 3 is 2.02 bits per heavy atom. The predicted molar refractivity (Wildman–Crippen MR) is 172 cm³/mol. The second-order valence-corrected chi connectivity index (χ2v) is 12.1. The van der Waals surface area contributed by atoms with Gasteiger partial charge in [-0.2, -0.15) is 8.78 Å². The molecule has 0 atom stereocenters. The van der Waals surface area contributed by atoms with Crippen molar-refractivity contribution in [2.45, 2.75) is 76.4 Å². The molecule has 0 N–H and O–H groups in total. The van der Waals surface area contributed by atoms with Gasteiger partial charge in [0.05, 0.1) is 6.10 Å². The number of rotatable bonds is 13. The zero-order valence-electron chi connectivity index (χ0n) is 26.6. The van der Waals surface area contributed by atoms with Crippen molar-refractivity contribution < 1.29 is 40.2 Å². The monoisotopic (exact) mass is 670 g/mol. The second kappa shape index (κ2) is 15.4. The summed E-state index contributed by atoms with van der Waals surface area (Å²) in [6, 6.07) is 12.5. The molecule has 1 aliphatic rings. The van der Waals surface area contributed by atoms with Gasteiger partial charge in [-0.15, -0.1) is 6.58 Å². The van der Waals surface area contributed by atoms with Crippen LogP contribution in [-0.2, 0) is 17.3 Å². The van der Waals surface area contributed by atoms with E-state index in [2.05, 4.69) is 18.2 Å². The van der Waals surface area contributed by atoms with Crippen LogP contribution in [0, 0.1) is 29.1 Å². The summed E-state index contributed by atoms with van der Waals surface area (Å²) in [5.74, 6) is -6.23. The molecule has 5 rings (SSSR count). The summed E-state index contributed by atoms with van der Waals surface area (Å²) in [7, 11) is 0. The summed E-state index contributed by atoms with van der Waals surface area (Å²) >= 11 is 0. The zero-order valence-corrected chi connectivity index (χ0v) is 26.6. The van der Waals surface area contributed by atoms with Gasteiger partial charge >= 0.3 is 6.11 Å². The maximum Gasteiger partial charge on any atom is 0.432 e. The van der Waals surface area contributed by atoms with Crippen molar-refractivity contribution >= 4 is 0 Å². The van der Waals surface area contributed by atoms with Crippen LogP contribution in [0.15, 0.2) is 79.4 Å². The van der Waals surface area contributed by atoms with Crippen molar-refractivity contribution in [3.05, 3.63) is 125 Å². The van der Waals surface area contributed by atoms with Crippen LogP contribution >= 0.6 is 0 Å². The van der Waals surface area contributed by atoms with Gasteiger partial charge in [-0.05, 0) is 110 Å². The standard InChI is InChI=1S/C39H37F7O2/c1-3-5-7-25-8-9-27(20-33(25)40)31-17-15-30(23-35(31)42)48-39(45,46)38-36(43)21-28(22-37(38)44)32-16-12-26(19-34(32)41)24-10-13-29(14-11-24)47-18-6-4-2/h3,8-9,12,15-17,19-24,29H,1,4-7,10-11,13-14,18H2,2H3. The second-order valence-electron chi connectivity index (χ2n) is 12.1. The number of halogens is 7. The van der Waals surface area contributed by atoms with E-state index in [9.17, 15) is 8.78 Å². The minimum Gasteiger partial charge on any atom is -0.429 e. The molecule has 0 radical (unpaired) electrons. The zero-order chi connectivity index (χ0) is 34.4. The Labute approximate surface area is 276 Å². The van der Waals surface area contributed by atoms with Crippen molar-refractivity contribution in [3.63, 3.8) is 0 Å². The molecule has 1 saturated carbocycles. The van der Waals surface area contributed by atoms with Gasteiger partial charge in [0.2, 0.25) is 0 Å². The third-order valence-electron chi connectivity index (χ3n) is 8.80. The maximum atomic E-state index is 15.2. The molecule has 0 bridgehead atoms. The molecule has 48 heavy (non-hydrogen) atoms. The third-order valence-corrected chi connectivity index (χ3v) is 8.80. The third kappa shape index (κ3) is 8.12. The average Bonchev–Trinajstić information content (AvgIpc) is 3.04. The summed E-state index contributed by atoms with van der Waals surface area (Å²) in [5.41, 5.74) is -0.869. The minimum absolute atomic E-state index is 0.0845. The van der Waals surface area contributed by atoms with E-state index in [1.165, 1.54) is 24.3 Å². The molecule has 4 aromatic carbocycles. The van der Waals surface area contributed by atoms with Crippen molar-refractivity contribution in [1.82, 2.24) is 0 Å². The molecular weight excluding hydrogens is 633 g/mol. The van der Waals surface area contributed by atoms with Crippen LogP contribution in [0.4, 0.5) is 30.7 Å². The van der Waals surface area contributed by atoms with Gasteiger partial charge in [0.25, 0.3) is 0 Å². The molecule has 0 spiro atoms. The molecule has 0 aliphatic heterocycles. The molecule has 1 aliphatic carbocycles. The maximum absolute atomic E-state index is 15.2. The Bertz CT molecular complexity index is 1720.